The second kappa shape index (κ2) is 7.10. The molecule has 1 aliphatic heterocycles. The fourth-order valence-electron chi connectivity index (χ4n) is 4.67. The predicted octanol–water partition coefficient (Wildman–Crippen LogP) is 6.47. The van der Waals surface area contributed by atoms with E-state index in [9.17, 15) is 0 Å². The van der Waals surface area contributed by atoms with Crippen molar-refractivity contribution in [2.75, 3.05) is 0 Å². The number of pyridine rings is 1. The first kappa shape index (κ1) is 16.4. The van der Waals surface area contributed by atoms with Gasteiger partial charge >= 0.3 is 0 Å². The first-order chi connectivity index (χ1) is 12.9. The quantitative estimate of drug-likeness (QED) is 0.377. The van der Waals surface area contributed by atoms with Gasteiger partial charge in [0.2, 0.25) is 0 Å². The molecule has 0 N–H and O–H groups in total. The minimum atomic E-state index is -0.345. The van der Waals surface area contributed by atoms with Crippen LogP contribution in [0.15, 0.2) is 83.9 Å². The van der Waals surface area contributed by atoms with Gasteiger partial charge in [-0.2, -0.15) is 0 Å². The Kier molecular flexibility index (Phi) is 4.48. The van der Waals surface area contributed by atoms with Gasteiger partial charge < -0.3 is 0 Å². The molecule has 2 aliphatic rings. The Morgan fingerprint density at radius 3 is 2.62 bits per heavy atom. The highest BCUT2D eigenvalue weighted by atomic mass is 32.1. The van der Waals surface area contributed by atoms with Crippen LogP contribution in [-0.4, -0.2) is 4.98 Å². The number of hydrogen-bond donors (Lipinski definition) is 0. The Morgan fingerprint density at radius 1 is 0.962 bits per heavy atom. The molecule has 0 radical (unpaired) electrons. The molecule has 1 fully saturated rings. The first-order valence-corrected chi connectivity index (χ1v) is 11.8. The Balaban J connectivity index is 1.71. The van der Waals surface area contributed by atoms with E-state index < -0.39 is 0 Å². The van der Waals surface area contributed by atoms with Crippen LogP contribution in [0.25, 0.3) is 0 Å². The summed E-state index contributed by atoms with van der Waals surface area (Å²) < 4.78 is 1.57. The molecule has 3 aromatic rings. The van der Waals surface area contributed by atoms with Gasteiger partial charge in [0.25, 0.3) is 0 Å². The van der Waals surface area contributed by atoms with E-state index in [-0.39, 0.29) is 7.92 Å². The molecule has 1 aliphatic carbocycles. The maximum absolute atomic E-state index is 4.82. The van der Waals surface area contributed by atoms with Gasteiger partial charge in [-0.05, 0) is 62.2 Å². The van der Waals surface area contributed by atoms with E-state index in [0.29, 0.717) is 17.2 Å². The van der Waals surface area contributed by atoms with Crippen molar-refractivity contribution in [3.05, 3.63) is 95.1 Å². The molecule has 0 saturated carbocycles. The molecule has 1 saturated heterocycles. The van der Waals surface area contributed by atoms with E-state index in [4.69, 9.17) is 4.98 Å². The molecule has 2 unspecified atom stereocenters. The highest BCUT2D eigenvalue weighted by molar-refractivity contribution is 7.72. The van der Waals surface area contributed by atoms with Gasteiger partial charge in [0.15, 0.2) is 0 Å². The Morgan fingerprint density at radius 2 is 1.85 bits per heavy atom. The van der Waals surface area contributed by atoms with Crippen LogP contribution in [0.1, 0.15) is 41.8 Å². The minimum Gasteiger partial charge on any atom is -0.260 e. The standard InChI is InChI=1S/C23H22NPS/c1-2-9-17(10-3-1)22-18-11-4-5-12-19(18)23(20-13-6-7-15-24-20)25(22)21-14-8-16-26-21/h1-3,6-10,12-16,18,22-23H,4-5,11H2/t18?,22?,23-,25+/m0/s1. The van der Waals surface area contributed by atoms with Crippen LogP contribution in [-0.2, 0) is 0 Å². The van der Waals surface area contributed by atoms with Crippen molar-refractivity contribution < 1.29 is 0 Å². The number of fused-ring (bicyclic) bond motifs is 1. The largest absolute Gasteiger partial charge is 0.260 e. The van der Waals surface area contributed by atoms with Gasteiger partial charge in [-0.25, -0.2) is 0 Å². The summed E-state index contributed by atoms with van der Waals surface area (Å²) in [6.45, 7) is 0. The first-order valence-electron chi connectivity index (χ1n) is 9.41. The van der Waals surface area contributed by atoms with Crippen molar-refractivity contribution >= 4 is 23.9 Å². The molecule has 5 rings (SSSR count). The molecule has 3 heterocycles. The number of aromatic nitrogens is 1. The van der Waals surface area contributed by atoms with Crippen molar-refractivity contribution in [3.8, 4) is 0 Å². The molecule has 4 atom stereocenters. The van der Waals surface area contributed by atoms with Crippen molar-refractivity contribution in [2.24, 2.45) is 5.92 Å². The summed E-state index contributed by atoms with van der Waals surface area (Å²) in [4.78, 5) is 4.82. The average Bonchev–Trinajstić information content (AvgIpc) is 3.35. The lowest BCUT2D eigenvalue weighted by atomic mass is 9.81. The normalized spacial score (nSPS) is 27.8. The molecule has 3 heteroatoms. The van der Waals surface area contributed by atoms with Crippen LogP contribution >= 0.6 is 19.3 Å². The van der Waals surface area contributed by atoms with Crippen LogP contribution < -0.4 is 4.62 Å². The maximum atomic E-state index is 4.82. The van der Waals surface area contributed by atoms with Crippen LogP contribution in [0.2, 0.25) is 0 Å². The molecule has 1 nitrogen and oxygen atoms in total. The minimum absolute atomic E-state index is 0.345. The van der Waals surface area contributed by atoms with Gasteiger partial charge in [0.05, 0.1) is 5.69 Å². The highest BCUT2D eigenvalue weighted by Gasteiger charge is 2.49. The van der Waals surface area contributed by atoms with Gasteiger partial charge in [-0.15, -0.1) is 11.3 Å². The third kappa shape index (κ3) is 2.76. The van der Waals surface area contributed by atoms with Crippen molar-refractivity contribution in [2.45, 2.75) is 30.6 Å². The Hall–Kier alpha value is -1.76. The third-order valence-electron chi connectivity index (χ3n) is 5.67. The molecular weight excluding hydrogens is 353 g/mol. The molecule has 0 spiro atoms. The van der Waals surface area contributed by atoms with Crippen LogP contribution in [0, 0.1) is 5.92 Å². The smallest absolute Gasteiger partial charge is 0.0521 e. The van der Waals surface area contributed by atoms with E-state index in [0.717, 1.165) is 0 Å². The molecule has 1 aromatic carbocycles. The number of nitrogens with zero attached hydrogens (tertiary/aromatic N) is 1. The second-order valence-corrected chi connectivity index (χ2v) is 10.7. The second-order valence-electron chi connectivity index (χ2n) is 7.11. The topological polar surface area (TPSA) is 12.9 Å². The summed E-state index contributed by atoms with van der Waals surface area (Å²) in [5, 5.41) is 2.24. The zero-order valence-electron chi connectivity index (χ0n) is 14.7. The van der Waals surface area contributed by atoms with Crippen molar-refractivity contribution in [1.82, 2.24) is 4.98 Å². The lowest BCUT2D eigenvalue weighted by Crippen LogP contribution is -2.11. The van der Waals surface area contributed by atoms with Crippen molar-refractivity contribution in [3.63, 3.8) is 0 Å². The zero-order valence-corrected chi connectivity index (χ0v) is 16.4. The summed E-state index contributed by atoms with van der Waals surface area (Å²) in [5.74, 6) is 0.673. The molecule has 26 heavy (non-hydrogen) atoms. The molecule has 0 amide bonds. The van der Waals surface area contributed by atoms with Gasteiger partial charge in [0.1, 0.15) is 0 Å². The summed E-state index contributed by atoms with van der Waals surface area (Å²) in [7, 11) is -0.345. The summed E-state index contributed by atoms with van der Waals surface area (Å²) in [6.07, 6.45) is 8.38. The molecule has 2 aromatic heterocycles. The maximum Gasteiger partial charge on any atom is 0.0521 e. The number of benzene rings is 1. The summed E-state index contributed by atoms with van der Waals surface area (Å²) >= 11 is 1.94. The van der Waals surface area contributed by atoms with Gasteiger partial charge in [0, 0.05) is 22.1 Å². The number of thiophene rings is 1. The Labute approximate surface area is 160 Å². The fourth-order valence-corrected chi connectivity index (χ4v) is 9.82. The lowest BCUT2D eigenvalue weighted by molar-refractivity contribution is 0.505. The number of hydrogen-bond acceptors (Lipinski definition) is 2. The highest BCUT2D eigenvalue weighted by Crippen LogP contribution is 2.75. The van der Waals surface area contributed by atoms with Crippen LogP contribution in [0.4, 0.5) is 0 Å². The van der Waals surface area contributed by atoms with Crippen LogP contribution in [0.5, 0.6) is 0 Å². The Bertz CT molecular complexity index is 888. The van der Waals surface area contributed by atoms with E-state index in [1.165, 1.54) is 30.5 Å². The van der Waals surface area contributed by atoms with Crippen LogP contribution in [0.3, 0.4) is 0 Å². The fraction of sp³-hybridized carbons (Fsp3) is 0.261. The zero-order chi connectivity index (χ0) is 17.3. The molecule has 130 valence electrons. The van der Waals surface area contributed by atoms with E-state index >= 15 is 0 Å². The number of rotatable bonds is 3. The number of allylic oxidation sites excluding steroid dienone is 2. The lowest BCUT2D eigenvalue weighted by Gasteiger charge is -2.27. The summed E-state index contributed by atoms with van der Waals surface area (Å²) in [6, 6.07) is 22.3. The van der Waals surface area contributed by atoms with Gasteiger partial charge in [-0.3, -0.25) is 4.98 Å². The molecule has 0 bridgehead atoms. The van der Waals surface area contributed by atoms with E-state index in [2.05, 4.69) is 66.1 Å². The average molecular weight is 375 g/mol. The summed E-state index contributed by atoms with van der Waals surface area (Å²) in [5.41, 5.74) is 5.54. The predicted molar refractivity (Wildman–Crippen MR) is 112 cm³/mol. The molecular formula is C23H22NPS. The third-order valence-corrected chi connectivity index (χ3v) is 10.3. The SMILES string of the molecule is C1=C2C(CCC1)C(c1ccccc1)[P@@](c1cccs1)[C@@H]2c1ccccn1. The van der Waals surface area contributed by atoms with Gasteiger partial charge in [-0.1, -0.05) is 54.1 Å². The van der Waals surface area contributed by atoms with E-state index in [1.54, 1.807) is 10.2 Å². The van der Waals surface area contributed by atoms with E-state index in [1.807, 2.05) is 23.6 Å². The van der Waals surface area contributed by atoms with Crippen molar-refractivity contribution in [1.29, 1.82) is 0 Å². The monoisotopic (exact) mass is 375 g/mol.